The highest BCUT2D eigenvalue weighted by atomic mass is 32.2. The molecule has 1 aromatic carbocycles. The van der Waals surface area contributed by atoms with Crippen LogP contribution >= 0.6 is 0 Å². The highest BCUT2D eigenvalue weighted by Crippen LogP contribution is 2.25. The van der Waals surface area contributed by atoms with Crippen molar-refractivity contribution in [2.75, 3.05) is 28.3 Å². The van der Waals surface area contributed by atoms with Crippen LogP contribution in [0.25, 0.3) is 0 Å². The third-order valence-corrected chi connectivity index (χ3v) is 6.35. The molecule has 2 heterocycles. The minimum atomic E-state index is -2.92. The Morgan fingerprint density at radius 2 is 2.04 bits per heavy atom. The van der Waals surface area contributed by atoms with Crippen LogP contribution in [0.3, 0.4) is 0 Å². The van der Waals surface area contributed by atoms with Gasteiger partial charge >= 0.3 is 0 Å². The average Bonchev–Trinajstić information content (AvgIpc) is 2.96. The van der Waals surface area contributed by atoms with Gasteiger partial charge in [-0.3, -0.25) is 0 Å². The van der Waals surface area contributed by atoms with Crippen molar-refractivity contribution in [3.05, 3.63) is 48.3 Å². The van der Waals surface area contributed by atoms with E-state index in [0.717, 1.165) is 11.6 Å². The summed E-state index contributed by atoms with van der Waals surface area (Å²) in [5.74, 6) is 1.96. The first kappa shape index (κ1) is 17.7. The number of hydrogen-bond acceptors (Lipinski definition) is 6. The molecule has 1 saturated heterocycles. The summed E-state index contributed by atoms with van der Waals surface area (Å²) < 4.78 is 23.6. The van der Waals surface area contributed by atoms with Crippen LogP contribution in [0.1, 0.15) is 31.9 Å². The molecule has 1 aliphatic heterocycles. The first-order valence-electron chi connectivity index (χ1n) is 8.59. The van der Waals surface area contributed by atoms with Crippen LogP contribution in [0.4, 0.5) is 11.6 Å². The van der Waals surface area contributed by atoms with Gasteiger partial charge in [0.1, 0.15) is 18.0 Å². The number of anilines is 2. The Bertz CT molecular complexity index is 811. The molecular formula is C18H24N4O2S. The lowest BCUT2D eigenvalue weighted by atomic mass is 10.1. The normalized spacial score (nSPS) is 20.2. The monoisotopic (exact) mass is 360 g/mol. The van der Waals surface area contributed by atoms with Gasteiger partial charge in [0.2, 0.25) is 0 Å². The van der Waals surface area contributed by atoms with E-state index in [1.807, 2.05) is 31.2 Å². The summed E-state index contributed by atoms with van der Waals surface area (Å²) in [5.41, 5.74) is 1.18. The first-order chi connectivity index (χ1) is 12.0. The maximum Gasteiger partial charge on any atom is 0.152 e. The van der Waals surface area contributed by atoms with Gasteiger partial charge in [-0.25, -0.2) is 18.4 Å². The Labute approximate surface area is 149 Å². The molecule has 7 heteroatoms. The van der Waals surface area contributed by atoms with E-state index in [9.17, 15) is 8.42 Å². The summed E-state index contributed by atoms with van der Waals surface area (Å²) in [6.07, 6.45) is 2.19. The Balaban J connectivity index is 1.76. The van der Waals surface area contributed by atoms with Crippen LogP contribution in [0.2, 0.25) is 0 Å². The van der Waals surface area contributed by atoms with Crippen LogP contribution in [0, 0.1) is 0 Å². The van der Waals surface area contributed by atoms with E-state index >= 15 is 0 Å². The number of sulfone groups is 1. The summed E-state index contributed by atoms with van der Waals surface area (Å²) in [5, 5.41) is 3.39. The summed E-state index contributed by atoms with van der Waals surface area (Å²) in [4.78, 5) is 10.7. The van der Waals surface area contributed by atoms with Crippen molar-refractivity contribution in [2.24, 2.45) is 0 Å². The van der Waals surface area contributed by atoms with Crippen LogP contribution in [0.15, 0.2) is 42.7 Å². The standard InChI is InChI=1S/C18H24N4O2S/c1-3-22(16-9-10-25(23,24)12-16)18-11-17(19-13-20-18)21-14(2)15-7-5-4-6-8-15/h4-8,11,13-14,16H,3,9-10,12H2,1-2H3,(H,19,20,21). The lowest BCUT2D eigenvalue weighted by molar-refractivity contribution is 0.599. The second-order valence-electron chi connectivity index (χ2n) is 6.38. The van der Waals surface area contributed by atoms with Crippen molar-refractivity contribution in [1.29, 1.82) is 0 Å². The Hall–Kier alpha value is -2.15. The molecule has 0 amide bonds. The van der Waals surface area contributed by atoms with Crippen LogP contribution in [0.5, 0.6) is 0 Å². The highest BCUT2D eigenvalue weighted by Gasteiger charge is 2.32. The molecule has 1 fully saturated rings. The number of benzene rings is 1. The van der Waals surface area contributed by atoms with E-state index in [2.05, 4.69) is 39.2 Å². The summed E-state index contributed by atoms with van der Waals surface area (Å²) in [7, 11) is -2.92. The third-order valence-electron chi connectivity index (χ3n) is 4.60. The second-order valence-corrected chi connectivity index (χ2v) is 8.61. The molecule has 1 N–H and O–H groups in total. The Morgan fingerprint density at radius 1 is 1.28 bits per heavy atom. The van der Waals surface area contributed by atoms with Gasteiger partial charge in [0, 0.05) is 24.7 Å². The molecule has 0 bridgehead atoms. The third kappa shape index (κ3) is 4.28. The minimum absolute atomic E-state index is 0.00991. The van der Waals surface area contributed by atoms with Gasteiger partial charge in [-0.1, -0.05) is 30.3 Å². The van der Waals surface area contributed by atoms with E-state index in [-0.39, 0.29) is 23.6 Å². The quantitative estimate of drug-likeness (QED) is 0.854. The molecule has 2 unspecified atom stereocenters. The van der Waals surface area contributed by atoms with Crippen molar-refractivity contribution in [2.45, 2.75) is 32.4 Å². The van der Waals surface area contributed by atoms with Gasteiger partial charge in [0.05, 0.1) is 11.5 Å². The lowest BCUT2D eigenvalue weighted by Crippen LogP contribution is -2.36. The molecule has 134 valence electrons. The average molecular weight is 360 g/mol. The zero-order valence-electron chi connectivity index (χ0n) is 14.6. The SMILES string of the molecule is CCN(c1cc(NC(C)c2ccccc2)ncn1)C1CCS(=O)(=O)C1. The zero-order valence-corrected chi connectivity index (χ0v) is 15.4. The van der Waals surface area contributed by atoms with Crippen molar-refractivity contribution in [3.8, 4) is 0 Å². The number of aromatic nitrogens is 2. The first-order valence-corrected chi connectivity index (χ1v) is 10.4. The predicted molar refractivity (Wildman–Crippen MR) is 101 cm³/mol. The summed E-state index contributed by atoms with van der Waals surface area (Å²) in [6, 6.07) is 12.2. The highest BCUT2D eigenvalue weighted by molar-refractivity contribution is 7.91. The van der Waals surface area contributed by atoms with Gasteiger partial charge in [0.25, 0.3) is 0 Å². The number of nitrogens with one attached hydrogen (secondary N) is 1. The van der Waals surface area contributed by atoms with Crippen molar-refractivity contribution in [3.63, 3.8) is 0 Å². The molecule has 2 atom stereocenters. The fourth-order valence-electron chi connectivity index (χ4n) is 3.26. The van der Waals surface area contributed by atoms with Gasteiger partial charge < -0.3 is 10.2 Å². The van der Waals surface area contributed by atoms with Gasteiger partial charge in [-0.05, 0) is 25.8 Å². The fraction of sp³-hybridized carbons (Fsp3) is 0.444. The van der Waals surface area contributed by atoms with E-state index in [1.54, 1.807) is 0 Å². The zero-order chi connectivity index (χ0) is 17.9. The van der Waals surface area contributed by atoms with E-state index in [0.29, 0.717) is 13.0 Å². The van der Waals surface area contributed by atoms with Crippen molar-refractivity contribution >= 4 is 21.5 Å². The number of hydrogen-bond donors (Lipinski definition) is 1. The van der Waals surface area contributed by atoms with Crippen molar-refractivity contribution < 1.29 is 8.42 Å². The number of rotatable bonds is 6. The second kappa shape index (κ2) is 7.39. The summed E-state index contributed by atoms with van der Waals surface area (Å²) >= 11 is 0. The molecule has 0 spiro atoms. The van der Waals surface area contributed by atoms with E-state index < -0.39 is 9.84 Å². The minimum Gasteiger partial charge on any atom is -0.363 e. The maximum atomic E-state index is 11.8. The molecule has 6 nitrogen and oxygen atoms in total. The van der Waals surface area contributed by atoms with Crippen LogP contribution < -0.4 is 10.2 Å². The summed E-state index contributed by atoms with van der Waals surface area (Å²) in [6.45, 7) is 4.82. The Kier molecular flexibility index (Phi) is 5.22. The van der Waals surface area contributed by atoms with Crippen molar-refractivity contribution in [1.82, 2.24) is 9.97 Å². The maximum absolute atomic E-state index is 11.8. The van der Waals surface area contributed by atoms with E-state index in [4.69, 9.17) is 0 Å². The molecule has 0 aliphatic carbocycles. The lowest BCUT2D eigenvalue weighted by Gasteiger charge is -2.28. The van der Waals surface area contributed by atoms with Crippen LogP contribution in [-0.2, 0) is 9.84 Å². The van der Waals surface area contributed by atoms with Crippen LogP contribution in [-0.4, -0.2) is 42.5 Å². The van der Waals surface area contributed by atoms with Gasteiger partial charge in [-0.15, -0.1) is 0 Å². The number of nitrogens with zero attached hydrogens (tertiary/aromatic N) is 3. The molecule has 0 radical (unpaired) electrons. The molecule has 3 rings (SSSR count). The molecular weight excluding hydrogens is 336 g/mol. The largest absolute Gasteiger partial charge is 0.363 e. The molecule has 1 aromatic heterocycles. The van der Waals surface area contributed by atoms with Gasteiger partial charge in [-0.2, -0.15) is 0 Å². The predicted octanol–water partition coefficient (Wildman–Crippen LogP) is 2.66. The fourth-order valence-corrected chi connectivity index (χ4v) is 4.99. The molecule has 2 aromatic rings. The van der Waals surface area contributed by atoms with Gasteiger partial charge in [0.15, 0.2) is 9.84 Å². The topological polar surface area (TPSA) is 75.2 Å². The molecule has 1 aliphatic rings. The molecule has 0 saturated carbocycles. The smallest absolute Gasteiger partial charge is 0.152 e. The van der Waals surface area contributed by atoms with E-state index in [1.165, 1.54) is 11.9 Å². The Morgan fingerprint density at radius 3 is 2.68 bits per heavy atom. The molecule has 25 heavy (non-hydrogen) atoms.